The van der Waals surface area contributed by atoms with Crippen LogP contribution >= 0.6 is 0 Å². The van der Waals surface area contributed by atoms with Crippen molar-refractivity contribution in [2.75, 3.05) is 13.2 Å². The van der Waals surface area contributed by atoms with Crippen molar-refractivity contribution in [1.29, 1.82) is 0 Å². The number of hydrogen-bond donors (Lipinski definition) is 1. The topological polar surface area (TPSA) is 46.5 Å². The maximum Gasteiger partial charge on any atom is 0.333 e. The van der Waals surface area contributed by atoms with E-state index >= 15 is 0 Å². The molecule has 0 aromatic rings. The monoisotopic (exact) mass is 256 g/mol. The van der Waals surface area contributed by atoms with Crippen molar-refractivity contribution in [2.45, 2.75) is 47.5 Å². The fraction of sp³-hybridized carbons (Fsp3) is 0.800. The summed E-state index contributed by atoms with van der Waals surface area (Å²) in [7, 11) is 0. The zero-order chi connectivity index (χ0) is 14.1. The zero-order valence-corrected chi connectivity index (χ0v) is 12.4. The molecular formula is C15H28O3. The van der Waals surface area contributed by atoms with E-state index in [1.807, 2.05) is 6.92 Å². The first-order chi connectivity index (χ1) is 8.46. The van der Waals surface area contributed by atoms with Crippen LogP contribution < -0.4 is 0 Å². The normalized spacial score (nSPS) is 15.6. The Morgan fingerprint density at radius 2 is 2.00 bits per heavy atom. The van der Waals surface area contributed by atoms with Crippen molar-refractivity contribution >= 4 is 5.97 Å². The summed E-state index contributed by atoms with van der Waals surface area (Å²) >= 11 is 0. The molecule has 0 saturated carbocycles. The minimum atomic E-state index is -0.235. The lowest BCUT2D eigenvalue weighted by molar-refractivity contribution is -0.140. The van der Waals surface area contributed by atoms with Gasteiger partial charge in [0, 0.05) is 12.2 Å². The third kappa shape index (κ3) is 6.20. The predicted octanol–water partition coefficient (Wildman–Crippen LogP) is 3.18. The molecular weight excluding hydrogens is 228 g/mol. The Bertz CT molecular complexity index is 269. The third-order valence-electron chi connectivity index (χ3n) is 3.60. The van der Waals surface area contributed by atoms with Crippen LogP contribution in [0.15, 0.2) is 11.6 Å². The van der Waals surface area contributed by atoms with Crippen LogP contribution in [0.25, 0.3) is 0 Å². The Hall–Kier alpha value is -0.830. The van der Waals surface area contributed by atoms with Gasteiger partial charge in [0.1, 0.15) is 0 Å². The molecule has 3 heteroatoms. The number of carbonyl (C=O) groups excluding carboxylic acids is 1. The molecule has 0 aliphatic rings. The minimum absolute atomic E-state index is 0.204. The largest absolute Gasteiger partial charge is 0.462 e. The summed E-state index contributed by atoms with van der Waals surface area (Å²) < 4.78 is 5.28. The Morgan fingerprint density at radius 3 is 2.39 bits per heavy atom. The highest BCUT2D eigenvalue weighted by molar-refractivity contribution is 5.87. The molecule has 2 unspecified atom stereocenters. The summed E-state index contributed by atoms with van der Waals surface area (Å²) in [6, 6.07) is 0. The van der Waals surface area contributed by atoms with E-state index in [2.05, 4.69) is 20.8 Å². The first-order valence-corrected chi connectivity index (χ1v) is 6.87. The van der Waals surface area contributed by atoms with Gasteiger partial charge >= 0.3 is 5.97 Å². The summed E-state index contributed by atoms with van der Waals surface area (Å²) in [5, 5.41) is 9.33. The van der Waals surface area contributed by atoms with Gasteiger partial charge in [0.15, 0.2) is 0 Å². The lowest BCUT2D eigenvalue weighted by Crippen LogP contribution is -2.22. The molecule has 0 saturated heterocycles. The van der Waals surface area contributed by atoms with Gasteiger partial charge in [0.25, 0.3) is 0 Å². The van der Waals surface area contributed by atoms with Gasteiger partial charge in [-0.3, -0.25) is 0 Å². The van der Waals surface area contributed by atoms with Crippen LogP contribution in [0.3, 0.4) is 0 Å². The molecule has 0 aliphatic carbocycles. The zero-order valence-electron chi connectivity index (χ0n) is 12.4. The SMILES string of the molecule is CC=C(C)C(=O)OCC(CC)CC(CO)C(C)C. The first-order valence-electron chi connectivity index (χ1n) is 6.87. The highest BCUT2D eigenvalue weighted by atomic mass is 16.5. The molecule has 2 atom stereocenters. The highest BCUT2D eigenvalue weighted by Crippen LogP contribution is 2.22. The van der Waals surface area contributed by atoms with E-state index in [0.29, 0.717) is 24.0 Å². The van der Waals surface area contributed by atoms with E-state index in [-0.39, 0.29) is 18.5 Å². The van der Waals surface area contributed by atoms with E-state index in [1.165, 1.54) is 0 Å². The van der Waals surface area contributed by atoms with Crippen LogP contribution in [0.5, 0.6) is 0 Å². The molecule has 18 heavy (non-hydrogen) atoms. The number of aliphatic hydroxyl groups is 1. The first kappa shape index (κ1) is 17.2. The van der Waals surface area contributed by atoms with E-state index in [9.17, 15) is 9.90 Å². The molecule has 0 radical (unpaired) electrons. The van der Waals surface area contributed by atoms with Crippen LogP contribution in [0.2, 0.25) is 0 Å². The Morgan fingerprint density at radius 1 is 1.39 bits per heavy atom. The Balaban J connectivity index is 4.23. The summed E-state index contributed by atoms with van der Waals surface area (Å²) in [4.78, 5) is 11.5. The predicted molar refractivity (Wildman–Crippen MR) is 74.2 cm³/mol. The summed E-state index contributed by atoms with van der Waals surface area (Å²) in [6.07, 6.45) is 3.63. The second-order valence-electron chi connectivity index (χ2n) is 5.27. The summed E-state index contributed by atoms with van der Waals surface area (Å²) in [5.74, 6) is 0.840. The van der Waals surface area contributed by atoms with Crippen LogP contribution in [0.1, 0.15) is 47.5 Å². The van der Waals surface area contributed by atoms with Crippen LogP contribution in [-0.4, -0.2) is 24.3 Å². The Kier molecular flexibility index (Phi) is 8.73. The maximum atomic E-state index is 11.5. The van der Waals surface area contributed by atoms with E-state index in [4.69, 9.17) is 4.74 Å². The molecule has 0 bridgehead atoms. The standard InChI is InChI=1S/C15H28O3/c1-6-12(5)15(17)18-10-13(7-2)8-14(9-16)11(3)4/h6,11,13-14,16H,7-10H2,1-5H3. The minimum Gasteiger partial charge on any atom is -0.462 e. The number of ether oxygens (including phenoxy) is 1. The van der Waals surface area contributed by atoms with Gasteiger partial charge < -0.3 is 9.84 Å². The number of allylic oxidation sites excluding steroid dienone is 1. The van der Waals surface area contributed by atoms with Gasteiger partial charge in [-0.25, -0.2) is 4.79 Å². The highest BCUT2D eigenvalue weighted by Gasteiger charge is 2.19. The van der Waals surface area contributed by atoms with Gasteiger partial charge in [0.2, 0.25) is 0 Å². The molecule has 0 aromatic heterocycles. The molecule has 0 aromatic carbocycles. The quantitative estimate of drug-likeness (QED) is 0.536. The number of hydrogen-bond acceptors (Lipinski definition) is 3. The molecule has 106 valence electrons. The van der Waals surface area contributed by atoms with Crippen molar-refractivity contribution in [3.63, 3.8) is 0 Å². The van der Waals surface area contributed by atoms with E-state index in [0.717, 1.165) is 12.8 Å². The van der Waals surface area contributed by atoms with Crippen molar-refractivity contribution in [2.24, 2.45) is 17.8 Å². The van der Waals surface area contributed by atoms with Gasteiger partial charge in [-0.1, -0.05) is 33.3 Å². The lowest BCUT2D eigenvalue weighted by atomic mass is 9.86. The smallest absolute Gasteiger partial charge is 0.333 e. The van der Waals surface area contributed by atoms with Gasteiger partial charge in [-0.15, -0.1) is 0 Å². The number of esters is 1. The van der Waals surface area contributed by atoms with Gasteiger partial charge in [-0.2, -0.15) is 0 Å². The molecule has 0 spiro atoms. The second-order valence-corrected chi connectivity index (χ2v) is 5.27. The average Bonchev–Trinajstić information content (AvgIpc) is 2.37. The molecule has 0 aliphatic heterocycles. The molecule has 0 heterocycles. The van der Waals surface area contributed by atoms with E-state index < -0.39 is 0 Å². The average molecular weight is 256 g/mol. The number of carbonyl (C=O) groups is 1. The van der Waals surface area contributed by atoms with E-state index in [1.54, 1.807) is 13.0 Å². The van der Waals surface area contributed by atoms with Crippen LogP contribution in [-0.2, 0) is 9.53 Å². The van der Waals surface area contributed by atoms with Crippen molar-refractivity contribution in [1.82, 2.24) is 0 Å². The van der Waals surface area contributed by atoms with Crippen molar-refractivity contribution in [3.8, 4) is 0 Å². The molecule has 1 N–H and O–H groups in total. The molecule has 0 amide bonds. The Labute approximate surface area is 111 Å². The lowest BCUT2D eigenvalue weighted by Gasteiger charge is -2.23. The maximum absolute atomic E-state index is 11.5. The summed E-state index contributed by atoms with van der Waals surface area (Å²) in [6.45, 7) is 10.6. The number of aliphatic hydroxyl groups excluding tert-OH is 1. The molecule has 0 rings (SSSR count). The van der Waals surface area contributed by atoms with Crippen LogP contribution in [0, 0.1) is 17.8 Å². The van der Waals surface area contributed by atoms with Crippen LogP contribution in [0.4, 0.5) is 0 Å². The fourth-order valence-electron chi connectivity index (χ4n) is 1.76. The summed E-state index contributed by atoms with van der Waals surface area (Å²) in [5.41, 5.74) is 0.646. The second kappa shape index (κ2) is 9.15. The molecule has 3 nitrogen and oxygen atoms in total. The van der Waals surface area contributed by atoms with Gasteiger partial charge in [0.05, 0.1) is 6.61 Å². The third-order valence-corrected chi connectivity index (χ3v) is 3.60. The number of rotatable bonds is 8. The van der Waals surface area contributed by atoms with Crippen molar-refractivity contribution in [3.05, 3.63) is 11.6 Å². The molecule has 0 fully saturated rings. The fourth-order valence-corrected chi connectivity index (χ4v) is 1.76. The van der Waals surface area contributed by atoms with Gasteiger partial charge in [-0.05, 0) is 38.0 Å². The van der Waals surface area contributed by atoms with Crippen molar-refractivity contribution < 1.29 is 14.6 Å².